The monoisotopic (exact) mass is 506 g/mol. The van der Waals surface area contributed by atoms with Crippen molar-refractivity contribution in [2.24, 2.45) is 22.6 Å². The summed E-state index contributed by atoms with van der Waals surface area (Å²) in [5, 5.41) is 4.11. The number of rotatable bonds is 5. The molecule has 194 valence electrons. The van der Waals surface area contributed by atoms with Crippen molar-refractivity contribution in [1.82, 2.24) is 20.1 Å². The van der Waals surface area contributed by atoms with E-state index in [2.05, 4.69) is 75.8 Å². The van der Waals surface area contributed by atoms with E-state index in [-0.39, 0.29) is 12.1 Å². The van der Waals surface area contributed by atoms with Crippen LogP contribution in [-0.2, 0) is 4.79 Å². The van der Waals surface area contributed by atoms with Crippen LogP contribution in [0.3, 0.4) is 0 Å². The van der Waals surface area contributed by atoms with Crippen molar-refractivity contribution in [3.63, 3.8) is 0 Å². The van der Waals surface area contributed by atoms with Gasteiger partial charge in [-0.15, -0.1) is 0 Å². The second-order valence-electron chi connectivity index (χ2n) is 10.6. The molecule has 2 aliphatic heterocycles. The van der Waals surface area contributed by atoms with Gasteiger partial charge in [-0.25, -0.2) is 9.98 Å². The molecule has 3 heterocycles. The number of carbonyl (C=O) groups is 1. The number of benzene rings is 2. The first-order valence-corrected chi connectivity index (χ1v) is 13.5. The lowest BCUT2D eigenvalue weighted by atomic mass is 9.80. The van der Waals surface area contributed by atoms with E-state index in [9.17, 15) is 4.79 Å². The lowest BCUT2D eigenvalue weighted by Crippen LogP contribution is -2.45. The molecule has 2 aromatic carbocycles. The van der Waals surface area contributed by atoms with Crippen LogP contribution >= 0.6 is 0 Å². The number of aromatic nitrogens is 1. The van der Waals surface area contributed by atoms with Crippen LogP contribution in [0.5, 0.6) is 0 Å². The molecule has 3 N–H and O–H groups in total. The second kappa shape index (κ2) is 9.97. The Morgan fingerprint density at radius 1 is 1.00 bits per heavy atom. The smallest absolute Gasteiger partial charge is 0.216 e. The van der Waals surface area contributed by atoms with Gasteiger partial charge >= 0.3 is 0 Å². The maximum absolute atomic E-state index is 11.4. The zero-order chi connectivity index (χ0) is 26.2. The Hall–Kier alpha value is -4.13. The fourth-order valence-electron chi connectivity index (χ4n) is 6.30. The number of nitrogens with one attached hydrogen (secondary N) is 1. The van der Waals surface area contributed by atoms with E-state index in [1.807, 2.05) is 18.2 Å². The van der Waals surface area contributed by atoms with E-state index in [0.717, 1.165) is 71.3 Å². The summed E-state index contributed by atoms with van der Waals surface area (Å²) in [6.07, 6.45) is 8.50. The van der Waals surface area contributed by atoms with Gasteiger partial charge in [-0.3, -0.25) is 4.79 Å². The van der Waals surface area contributed by atoms with E-state index in [0.29, 0.717) is 17.7 Å². The SMILES string of the molecule is CC(=O)NC[C@H]1CC[C@H](C2N(C)C(c3ccc4ccc(-c5ccccc5)nc4c3)=C3C(N)=NC=CN32)CC1. The first-order chi connectivity index (χ1) is 18.5. The van der Waals surface area contributed by atoms with Crippen molar-refractivity contribution in [2.45, 2.75) is 38.8 Å². The average molecular weight is 507 g/mol. The maximum atomic E-state index is 11.4. The van der Waals surface area contributed by atoms with E-state index < -0.39 is 0 Å². The summed E-state index contributed by atoms with van der Waals surface area (Å²) in [5.41, 5.74) is 12.7. The second-order valence-corrected chi connectivity index (χ2v) is 10.6. The zero-order valence-electron chi connectivity index (χ0n) is 22.0. The van der Waals surface area contributed by atoms with E-state index in [1.165, 1.54) is 0 Å². The van der Waals surface area contributed by atoms with Gasteiger partial charge in [0.25, 0.3) is 0 Å². The number of nitrogens with two attached hydrogens (primary N) is 1. The minimum atomic E-state index is 0.0510. The van der Waals surface area contributed by atoms with Crippen LogP contribution in [0.15, 0.2) is 83.8 Å². The number of fused-ring (bicyclic) bond motifs is 2. The molecule has 3 aromatic rings. The summed E-state index contributed by atoms with van der Waals surface area (Å²) >= 11 is 0. The molecule has 7 nitrogen and oxygen atoms in total. The lowest BCUT2D eigenvalue weighted by Gasteiger charge is -2.40. The molecule has 7 heteroatoms. The predicted octanol–water partition coefficient (Wildman–Crippen LogP) is 4.93. The van der Waals surface area contributed by atoms with Crippen LogP contribution in [-0.4, -0.2) is 46.3 Å². The molecule has 3 aliphatic rings. The van der Waals surface area contributed by atoms with Gasteiger partial charge in [0.2, 0.25) is 5.91 Å². The van der Waals surface area contributed by atoms with Crippen LogP contribution in [0.4, 0.5) is 0 Å². The van der Waals surface area contributed by atoms with Gasteiger partial charge in [0, 0.05) is 49.4 Å². The van der Waals surface area contributed by atoms with Gasteiger partial charge in [-0.2, -0.15) is 0 Å². The van der Waals surface area contributed by atoms with Crippen LogP contribution in [0.2, 0.25) is 0 Å². The van der Waals surface area contributed by atoms with Gasteiger partial charge in [-0.1, -0.05) is 48.5 Å². The van der Waals surface area contributed by atoms with Gasteiger partial charge < -0.3 is 20.9 Å². The van der Waals surface area contributed by atoms with Gasteiger partial charge in [-0.05, 0) is 49.7 Å². The summed E-state index contributed by atoms with van der Waals surface area (Å²) in [4.78, 5) is 25.5. The fraction of sp³-hybridized carbons (Fsp3) is 0.323. The third-order valence-electron chi connectivity index (χ3n) is 8.19. The number of hydrogen-bond donors (Lipinski definition) is 2. The average Bonchev–Trinajstić information content (AvgIpc) is 3.25. The lowest BCUT2D eigenvalue weighted by molar-refractivity contribution is -0.119. The highest BCUT2D eigenvalue weighted by atomic mass is 16.1. The maximum Gasteiger partial charge on any atom is 0.216 e. The molecule has 1 aliphatic carbocycles. The van der Waals surface area contributed by atoms with E-state index >= 15 is 0 Å². The molecule has 1 amide bonds. The summed E-state index contributed by atoms with van der Waals surface area (Å²) in [5.74, 6) is 1.62. The summed E-state index contributed by atoms with van der Waals surface area (Å²) < 4.78 is 0. The fourth-order valence-corrected chi connectivity index (χ4v) is 6.30. The molecule has 1 saturated carbocycles. The third-order valence-corrected chi connectivity index (χ3v) is 8.19. The Kier molecular flexibility index (Phi) is 6.35. The Bertz CT molecular complexity index is 1450. The molecule has 0 bridgehead atoms. The van der Waals surface area contributed by atoms with Crippen LogP contribution < -0.4 is 11.1 Å². The standard InChI is InChI=1S/C31H34N6O/c1-20(38)34-19-21-8-10-24(11-9-21)31-36(2)28(29-30(32)33-16-17-37(29)31)25-13-12-23-14-15-26(35-27(23)18-25)22-6-4-3-5-7-22/h3-7,12-18,21,24,31H,8-11,19H2,1-2H3,(H2,32,33)(H,34,38)/t21-,24-,31?. The first-order valence-electron chi connectivity index (χ1n) is 13.5. The minimum absolute atomic E-state index is 0.0510. The summed E-state index contributed by atoms with van der Waals surface area (Å²) in [6, 6.07) is 21.0. The first kappa shape index (κ1) is 24.2. The molecule has 1 fully saturated rings. The highest BCUT2D eigenvalue weighted by Gasteiger charge is 2.43. The predicted molar refractivity (Wildman–Crippen MR) is 152 cm³/mol. The zero-order valence-corrected chi connectivity index (χ0v) is 22.0. The van der Waals surface area contributed by atoms with Crippen molar-refractivity contribution in [3.05, 3.63) is 84.3 Å². The molecule has 0 spiro atoms. The highest BCUT2D eigenvalue weighted by Crippen LogP contribution is 2.44. The van der Waals surface area contributed by atoms with Crippen molar-refractivity contribution >= 4 is 28.3 Å². The Morgan fingerprint density at radius 2 is 1.76 bits per heavy atom. The highest BCUT2D eigenvalue weighted by molar-refractivity contribution is 6.05. The van der Waals surface area contributed by atoms with Gasteiger partial charge in [0.1, 0.15) is 17.7 Å². The summed E-state index contributed by atoms with van der Waals surface area (Å²) in [7, 11) is 2.17. The Morgan fingerprint density at radius 3 is 2.53 bits per heavy atom. The quantitative estimate of drug-likeness (QED) is 0.513. The van der Waals surface area contributed by atoms with Gasteiger partial charge in [0.05, 0.1) is 16.9 Å². The molecule has 1 aromatic heterocycles. The molecule has 38 heavy (non-hydrogen) atoms. The topological polar surface area (TPSA) is 86.8 Å². The van der Waals surface area contributed by atoms with Crippen LogP contribution in [0, 0.1) is 11.8 Å². The Balaban J connectivity index is 1.32. The van der Waals surface area contributed by atoms with Crippen molar-refractivity contribution in [2.75, 3.05) is 13.6 Å². The third kappa shape index (κ3) is 4.42. The van der Waals surface area contributed by atoms with Crippen molar-refractivity contribution < 1.29 is 4.79 Å². The Labute approximate surface area is 223 Å². The number of carbonyl (C=O) groups excluding carboxylic acids is 1. The largest absolute Gasteiger partial charge is 0.382 e. The van der Waals surface area contributed by atoms with Gasteiger partial charge in [0.15, 0.2) is 0 Å². The van der Waals surface area contributed by atoms with E-state index in [1.54, 1.807) is 13.1 Å². The number of hydrogen-bond acceptors (Lipinski definition) is 6. The molecule has 0 radical (unpaired) electrons. The molecule has 1 unspecified atom stereocenters. The number of pyridine rings is 1. The number of amides is 1. The van der Waals surface area contributed by atoms with Crippen LogP contribution in [0.1, 0.15) is 38.2 Å². The summed E-state index contributed by atoms with van der Waals surface area (Å²) in [6.45, 7) is 2.36. The molecular weight excluding hydrogens is 472 g/mol. The van der Waals surface area contributed by atoms with E-state index in [4.69, 9.17) is 10.7 Å². The molecule has 1 atom stereocenters. The number of nitrogens with zero attached hydrogens (tertiary/aromatic N) is 4. The molecule has 0 saturated heterocycles. The normalized spacial score (nSPS) is 23.0. The minimum Gasteiger partial charge on any atom is -0.382 e. The number of amidine groups is 1. The number of aliphatic imine (C=N–C) groups is 1. The van der Waals surface area contributed by atoms with Crippen LogP contribution in [0.25, 0.3) is 27.9 Å². The van der Waals surface area contributed by atoms with Crippen molar-refractivity contribution in [3.8, 4) is 11.3 Å². The molecule has 6 rings (SSSR count). The van der Waals surface area contributed by atoms with Crippen molar-refractivity contribution in [1.29, 1.82) is 0 Å². The molecular formula is C31H34N6O.